The standard InChI is InChI=1S/C26H38O2/c1-7-21-13-9-11-15-23(21)20(5)26(6,28-18-17-27)25(19(3)4)24-16-12-10-14-22(24)8-2/h9-16,19-20,25,27H,7-8,17-18H2,1-6H3. The van der Waals surface area contributed by atoms with Crippen molar-refractivity contribution in [3.8, 4) is 0 Å². The van der Waals surface area contributed by atoms with Crippen molar-refractivity contribution in [3.05, 3.63) is 70.8 Å². The van der Waals surface area contributed by atoms with Gasteiger partial charge in [0.15, 0.2) is 0 Å². The normalized spacial score (nSPS) is 16.0. The van der Waals surface area contributed by atoms with Gasteiger partial charge in [0.1, 0.15) is 0 Å². The summed E-state index contributed by atoms with van der Waals surface area (Å²) in [6.07, 6.45) is 2.02. The number of aryl methyl sites for hydroxylation is 2. The molecule has 0 bridgehead atoms. The summed E-state index contributed by atoms with van der Waals surface area (Å²) >= 11 is 0. The molecule has 2 aromatic carbocycles. The van der Waals surface area contributed by atoms with E-state index < -0.39 is 5.60 Å². The molecule has 0 radical (unpaired) electrons. The fourth-order valence-corrected chi connectivity index (χ4v) is 4.83. The molecule has 0 saturated heterocycles. The lowest BCUT2D eigenvalue weighted by Gasteiger charge is -2.46. The Hall–Kier alpha value is -1.64. The Balaban J connectivity index is 2.63. The number of aliphatic hydroxyl groups excluding tert-OH is 1. The number of aliphatic hydroxyl groups is 1. The van der Waals surface area contributed by atoms with Crippen LogP contribution in [0.4, 0.5) is 0 Å². The van der Waals surface area contributed by atoms with Gasteiger partial charge in [-0.2, -0.15) is 0 Å². The van der Waals surface area contributed by atoms with Crippen molar-refractivity contribution >= 4 is 0 Å². The third kappa shape index (κ3) is 4.67. The van der Waals surface area contributed by atoms with E-state index in [0.29, 0.717) is 12.5 Å². The molecule has 0 aliphatic carbocycles. The highest BCUT2D eigenvalue weighted by Crippen LogP contribution is 2.47. The van der Waals surface area contributed by atoms with Crippen LogP contribution < -0.4 is 0 Å². The van der Waals surface area contributed by atoms with Crippen LogP contribution in [0.5, 0.6) is 0 Å². The number of hydrogen-bond donors (Lipinski definition) is 1. The smallest absolute Gasteiger partial charge is 0.0792 e. The molecule has 0 aliphatic rings. The molecule has 0 heterocycles. The van der Waals surface area contributed by atoms with Gasteiger partial charge in [0, 0.05) is 11.8 Å². The molecule has 2 heteroatoms. The lowest BCUT2D eigenvalue weighted by molar-refractivity contribution is -0.0874. The first-order chi connectivity index (χ1) is 13.4. The zero-order valence-electron chi connectivity index (χ0n) is 18.5. The fraction of sp³-hybridized carbons (Fsp3) is 0.538. The van der Waals surface area contributed by atoms with E-state index >= 15 is 0 Å². The highest BCUT2D eigenvalue weighted by Gasteiger charge is 2.44. The number of benzene rings is 2. The maximum absolute atomic E-state index is 9.55. The van der Waals surface area contributed by atoms with Crippen LogP contribution >= 0.6 is 0 Å². The van der Waals surface area contributed by atoms with Gasteiger partial charge in [0.25, 0.3) is 0 Å². The SMILES string of the molecule is CCc1ccccc1C(C)C(C)(OCCO)C(c1ccccc1CC)C(C)C. The Bertz CT molecular complexity index is 737. The Labute approximate surface area is 172 Å². The van der Waals surface area contributed by atoms with Gasteiger partial charge in [0.05, 0.1) is 18.8 Å². The summed E-state index contributed by atoms with van der Waals surface area (Å²) < 4.78 is 6.52. The molecule has 1 N–H and O–H groups in total. The van der Waals surface area contributed by atoms with Crippen molar-refractivity contribution in [1.82, 2.24) is 0 Å². The lowest BCUT2D eigenvalue weighted by atomic mass is 9.66. The molecule has 28 heavy (non-hydrogen) atoms. The second-order valence-electron chi connectivity index (χ2n) is 8.30. The van der Waals surface area contributed by atoms with Crippen LogP contribution in [0.25, 0.3) is 0 Å². The van der Waals surface area contributed by atoms with Gasteiger partial charge < -0.3 is 9.84 Å². The minimum atomic E-state index is -0.423. The molecule has 0 fully saturated rings. The average molecular weight is 383 g/mol. The quantitative estimate of drug-likeness (QED) is 0.536. The molecular formula is C26H38O2. The second kappa shape index (κ2) is 10.2. The highest BCUT2D eigenvalue weighted by molar-refractivity contribution is 5.38. The van der Waals surface area contributed by atoms with E-state index in [1.165, 1.54) is 22.3 Å². The van der Waals surface area contributed by atoms with Gasteiger partial charge in [-0.3, -0.25) is 0 Å². The monoisotopic (exact) mass is 382 g/mol. The first-order valence-electron chi connectivity index (χ1n) is 10.8. The van der Waals surface area contributed by atoms with Crippen LogP contribution in [0, 0.1) is 5.92 Å². The van der Waals surface area contributed by atoms with Gasteiger partial charge in [0.2, 0.25) is 0 Å². The van der Waals surface area contributed by atoms with E-state index in [0.717, 1.165) is 12.8 Å². The van der Waals surface area contributed by atoms with Gasteiger partial charge in [-0.1, -0.05) is 83.1 Å². The van der Waals surface area contributed by atoms with Crippen molar-refractivity contribution in [2.24, 2.45) is 5.92 Å². The molecule has 0 aliphatic heterocycles. The number of hydrogen-bond acceptors (Lipinski definition) is 2. The van der Waals surface area contributed by atoms with Crippen LogP contribution in [0.15, 0.2) is 48.5 Å². The maximum atomic E-state index is 9.55. The Morgan fingerprint density at radius 2 is 1.36 bits per heavy atom. The van der Waals surface area contributed by atoms with Crippen molar-refractivity contribution in [1.29, 1.82) is 0 Å². The van der Waals surface area contributed by atoms with Gasteiger partial charge in [-0.05, 0) is 47.9 Å². The predicted octanol–water partition coefficient (Wildman–Crippen LogP) is 6.12. The minimum absolute atomic E-state index is 0.0397. The van der Waals surface area contributed by atoms with E-state index in [9.17, 15) is 5.11 Å². The van der Waals surface area contributed by atoms with E-state index in [1.807, 2.05) is 0 Å². The van der Waals surface area contributed by atoms with Crippen molar-refractivity contribution in [2.75, 3.05) is 13.2 Å². The van der Waals surface area contributed by atoms with Crippen LogP contribution in [-0.2, 0) is 17.6 Å². The molecule has 3 atom stereocenters. The lowest BCUT2D eigenvalue weighted by Crippen LogP contribution is -2.45. The third-order valence-corrected chi connectivity index (χ3v) is 6.32. The maximum Gasteiger partial charge on any atom is 0.0792 e. The summed E-state index contributed by atoms with van der Waals surface area (Å²) in [4.78, 5) is 0. The summed E-state index contributed by atoms with van der Waals surface area (Å²) in [6, 6.07) is 17.5. The molecule has 0 spiro atoms. The Morgan fingerprint density at radius 3 is 1.86 bits per heavy atom. The van der Waals surface area contributed by atoms with Gasteiger partial charge in [-0.25, -0.2) is 0 Å². The average Bonchev–Trinajstić information content (AvgIpc) is 2.71. The van der Waals surface area contributed by atoms with Crippen LogP contribution in [-0.4, -0.2) is 23.9 Å². The second-order valence-corrected chi connectivity index (χ2v) is 8.30. The summed E-state index contributed by atoms with van der Waals surface area (Å²) in [7, 11) is 0. The van der Waals surface area contributed by atoms with Crippen LogP contribution in [0.1, 0.15) is 75.6 Å². The molecule has 2 rings (SSSR count). The molecule has 3 unspecified atom stereocenters. The molecule has 154 valence electrons. The largest absolute Gasteiger partial charge is 0.394 e. The summed E-state index contributed by atoms with van der Waals surface area (Å²) in [5, 5.41) is 9.55. The first-order valence-corrected chi connectivity index (χ1v) is 10.8. The van der Waals surface area contributed by atoms with Crippen molar-refractivity contribution < 1.29 is 9.84 Å². The number of rotatable bonds is 10. The zero-order valence-corrected chi connectivity index (χ0v) is 18.5. The van der Waals surface area contributed by atoms with Crippen molar-refractivity contribution in [3.63, 3.8) is 0 Å². The fourth-order valence-electron chi connectivity index (χ4n) is 4.83. The third-order valence-electron chi connectivity index (χ3n) is 6.32. The minimum Gasteiger partial charge on any atom is -0.394 e. The van der Waals surface area contributed by atoms with E-state index in [1.54, 1.807) is 0 Å². The highest BCUT2D eigenvalue weighted by atomic mass is 16.5. The van der Waals surface area contributed by atoms with Crippen LogP contribution in [0.3, 0.4) is 0 Å². The molecule has 2 nitrogen and oxygen atoms in total. The molecule has 0 aromatic heterocycles. The Morgan fingerprint density at radius 1 is 0.857 bits per heavy atom. The number of ether oxygens (including phenoxy) is 1. The zero-order chi connectivity index (χ0) is 20.7. The van der Waals surface area contributed by atoms with Gasteiger partial charge >= 0.3 is 0 Å². The topological polar surface area (TPSA) is 29.5 Å². The molecule has 2 aromatic rings. The van der Waals surface area contributed by atoms with E-state index in [2.05, 4.69) is 90.1 Å². The Kier molecular flexibility index (Phi) is 8.27. The van der Waals surface area contributed by atoms with E-state index in [4.69, 9.17) is 4.74 Å². The van der Waals surface area contributed by atoms with Gasteiger partial charge in [-0.15, -0.1) is 0 Å². The molecular weight excluding hydrogens is 344 g/mol. The van der Waals surface area contributed by atoms with Crippen LogP contribution in [0.2, 0.25) is 0 Å². The summed E-state index contributed by atoms with van der Waals surface area (Å²) in [6.45, 7) is 13.9. The molecule has 0 amide bonds. The van der Waals surface area contributed by atoms with E-state index in [-0.39, 0.29) is 18.4 Å². The summed E-state index contributed by atoms with van der Waals surface area (Å²) in [5.74, 6) is 0.843. The summed E-state index contributed by atoms with van der Waals surface area (Å²) in [5.41, 5.74) is 5.07. The predicted molar refractivity (Wildman–Crippen MR) is 119 cm³/mol. The molecule has 0 saturated carbocycles. The first kappa shape index (κ1) is 22.6. The van der Waals surface area contributed by atoms with Crippen molar-refractivity contribution in [2.45, 2.75) is 71.8 Å².